The largest absolute Gasteiger partial charge is 0.393 e. The monoisotopic (exact) mass is 434 g/mol. The molecule has 174 valence electrons. The lowest BCUT2D eigenvalue weighted by molar-refractivity contribution is -0.123. The molecule has 6 atom stereocenters. The number of hydrogen-bond donors (Lipinski definition) is 1. The Hall–Kier alpha value is -1.64. The fourth-order valence-corrected chi connectivity index (χ4v) is 7.26. The summed E-state index contributed by atoms with van der Waals surface area (Å²) in [6.07, 6.45) is 5.22. The molecule has 32 heavy (non-hydrogen) atoms. The third-order valence-electron chi connectivity index (χ3n) is 8.72. The van der Waals surface area contributed by atoms with Gasteiger partial charge in [-0.1, -0.05) is 74.9 Å². The predicted octanol–water partition coefficient (Wildman–Crippen LogP) is 7.17. The average Bonchev–Trinajstić information content (AvgIpc) is 2.72. The van der Waals surface area contributed by atoms with Crippen LogP contribution in [0.2, 0.25) is 0 Å². The number of hydrogen-bond acceptors (Lipinski definition) is 2. The molecule has 2 aromatic rings. The SMILES string of the molecule is Cc1ccc2c(c1)CC[C@H]1C(C)(C)[C@@H](C(O[C@H](C)C[C@@H](C)O)c3ccccc3)CC[C@]21C. The van der Waals surface area contributed by atoms with Gasteiger partial charge in [0.05, 0.1) is 18.3 Å². The number of rotatable bonds is 6. The quantitative estimate of drug-likeness (QED) is 0.522. The summed E-state index contributed by atoms with van der Waals surface area (Å²) < 4.78 is 6.76. The van der Waals surface area contributed by atoms with Crippen LogP contribution in [0.4, 0.5) is 0 Å². The highest BCUT2D eigenvalue weighted by Gasteiger charge is 2.55. The number of aryl methyl sites for hydroxylation is 2. The number of benzene rings is 2. The highest BCUT2D eigenvalue weighted by molar-refractivity contribution is 5.41. The molecule has 0 amide bonds. The molecule has 0 spiro atoms. The number of ether oxygens (including phenoxy) is 1. The maximum absolute atomic E-state index is 9.94. The summed E-state index contributed by atoms with van der Waals surface area (Å²) in [5.74, 6) is 1.08. The number of aliphatic hydroxyl groups is 1. The molecule has 1 saturated carbocycles. The Morgan fingerprint density at radius 3 is 2.44 bits per heavy atom. The van der Waals surface area contributed by atoms with Crippen molar-refractivity contribution in [1.29, 1.82) is 0 Å². The fraction of sp³-hybridized carbons (Fsp3) is 0.600. The molecule has 2 aliphatic carbocycles. The van der Waals surface area contributed by atoms with E-state index in [2.05, 4.69) is 83.1 Å². The zero-order valence-corrected chi connectivity index (χ0v) is 20.9. The third kappa shape index (κ3) is 4.29. The summed E-state index contributed by atoms with van der Waals surface area (Å²) in [5.41, 5.74) is 6.20. The highest BCUT2D eigenvalue weighted by Crippen LogP contribution is 2.62. The van der Waals surface area contributed by atoms with Crippen LogP contribution in [0.25, 0.3) is 0 Å². The Morgan fingerprint density at radius 1 is 1.03 bits per heavy atom. The Kier molecular flexibility index (Phi) is 6.58. The van der Waals surface area contributed by atoms with E-state index in [4.69, 9.17) is 4.74 Å². The normalized spacial score (nSPS) is 29.5. The minimum absolute atomic E-state index is 0.0272. The van der Waals surface area contributed by atoms with Crippen molar-refractivity contribution in [2.45, 2.75) is 97.4 Å². The van der Waals surface area contributed by atoms with Crippen molar-refractivity contribution in [2.24, 2.45) is 17.3 Å². The summed E-state index contributed by atoms with van der Waals surface area (Å²) in [7, 11) is 0. The maximum Gasteiger partial charge on any atom is 0.0861 e. The van der Waals surface area contributed by atoms with Crippen LogP contribution < -0.4 is 0 Å². The second-order valence-electron chi connectivity index (χ2n) is 11.5. The molecule has 0 aliphatic heterocycles. The molecule has 2 aromatic carbocycles. The Labute approximate surface area is 195 Å². The standard InChI is InChI=1S/C30H42O2/c1-20-12-14-25-24(18-20)13-15-27-29(4,5)26(16-17-30(25,27)6)28(23-10-8-7-9-11-23)32-22(3)19-21(2)31/h7-12,14,18,21-22,26-28,31H,13,15-17,19H2,1-6H3/t21-,22-,26-,27+,28?,30-/m1/s1. The lowest BCUT2D eigenvalue weighted by Crippen LogP contribution is -2.53. The van der Waals surface area contributed by atoms with E-state index >= 15 is 0 Å². The van der Waals surface area contributed by atoms with Crippen LogP contribution in [0, 0.1) is 24.2 Å². The molecule has 0 heterocycles. The molecule has 0 bridgehead atoms. The van der Waals surface area contributed by atoms with E-state index in [1.807, 2.05) is 6.92 Å². The lowest BCUT2D eigenvalue weighted by Gasteiger charge is -2.59. The first-order valence-electron chi connectivity index (χ1n) is 12.6. The average molecular weight is 435 g/mol. The molecule has 0 aromatic heterocycles. The molecule has 1 fully saturated rings. The van der Waals surface area contributed by atoms with Crippen LogP contribution in [0.15, 0.2) is 48.5 Å². The van der Waals surface area contributed by atoms with Gasteiger partial charge in [-0.25, -0.2) is 0 Å². The van der Waals surface area contributed by atoms with Gasteiger partial charge in [-0.2, -0.15) is 0 Å². The second-order valence-corrected chi connectivity index (χ2v) is 11.5. The summed E-state index contributed by atoms with van der Waals surface area (Å²) in [6.45, 7) is 13.7. The van der Waals surface area contributed by atoms with Gasteiger partial charge in [-0.15, -0.1) is 0 Å². The first-order valence-corrected chi connectivity index (χ1v) is 12.6. The maximum atomic E-state index is 9.94. The van der Waals surface area contributed by atoms with Crippen molar-refractivity contribution >= 4 is 0 Å². The second kappa shape index (κ2) is 8.95. The predicted molar refractivity (Wildman–Crippen MR) is 133 cm³/mol. The molecule has 2 heteroatoms. The van der Waals surface area contributed by atoms with E-state index in [0.29, 0.717) is 18.3 Å². The lowest BCUT2D eigenvalue weighted by atomic mass is 9.46. The van der Waals surface area contributed by atoms with Crippen molar-refractivity contribution in [3.05, 3.63) is 70.8 Å². The van der Waals surface area contributed by atoms with Crippen LogP contribution in [-0.4, -0.2) is 17.3 Å². The van der Waals surface area contributed by atoms with E-state index in [9.17, 15) is 5.11 Å². The van der Waals surface area contributed by atoms with Gasteiger partial charge in [0.2, 0.25) is 0 Å². The van der Waals surface area contributed by atoms with Crippen molar-refractivity contribution in [3.8, 4) is 0 Å². The first-order chi connectivity index (χ1) is 15.1. The topological polar surface area (TPSA) is 29.5 Å². The molecule has 0 radical (unpaired) electrons. The molecule has 4 rings (SSSR count). The molecule has 1 N–H and O–H groups in total. The molecule has 1 unspecified atom stereocenters. The molecular weight excluding hydrogens is 392 g/mol. The smallest absolute Gasteiger partial charge is 0.0861 e. The van der Waals surface area contributed by atoms with Gasteiger partial charge in [0.25, 0.3) is 0 Å². The van der Waals surface area contributed by atoms with Crippen LogP contribution in [-0.2, 0) is 16.6 Å². The Morgan fingerprint density at radius 2 is 1.75 bits per heavy atom. The van der Waals surface area contributed by atoms with Gasteiger partial charge in [-0.3, -0.25) is 0 Å². The van der Waals surface area contributed by atoms with Crippen LogP contribution >= 0.6 is 0 Å². The van der Waals surface area contributed by atoms with Crippen LogP contribution in [0.3, 0.4) is 0 Å². The van der Waals surface area contributed by atoms with Gasteiger partial charge in [-0.05, 0) is 92.2 Å². The summed E-state index contributed by atoms with van der Waals surface area (Å²) >= 11 is 0. The molecule has 2 nitrogen and oxygen atoms in total. The van der Waals surface area contributed by atoms with Crippen molar-refractivity contribution in [2.75, 3.05) is 0 Å². The fourth-order valence-electron chi connectivity index (χ4n) is 7.26. The minimum Gasteiger partial charge on any atom is -0.393 e. The number of aliphatic hydroxyl groups excluding tert-OH is 1. The first kappa shape index (κ1) is 23.5. The van der Waals surface area contributed by atoms with E-state index < -0.39 is 0 Å². The van der Waals surface area contributed by atoms with Crippen LogP contribution in [0.1, 0.15) is 88.7 Å². The molecule has 0 saturated heterocycles. The van der Waals surface area contributed by atoms with Gasteiger partial charge in [0, 0.05) is 0 Å². The van der Waals surface area contributed by atoms with Gasteiger partial charge >= 0.3 is 0 Å². The summed E-state index contributed by atoms with van der Waals surface area (Å²) in [6, 6.07) is 17.9. The summed E-state index contributed by atoms with van der Waals surface area (Å²) in [5, 5.41) is 9.94. The van der Waals surface area contributed by atoms with Crippen molar-refractivity contribution < 1.29 is 9.84 Å². The van der Waals surface area contributed by atoms with E-state index in [1.165, 1.54) is 30.4 Å². The highest BCUT2D eigenvalue weighted by atomic mass is 16.5. The zero-order chi connectivity index (χ0) is 23.1. The van der Waals surface area contributed by atoms with E-state index in [-0.39, 0.29) is 29.1 Å². The Bertz CT molecular complexity index is 916. The zero-order valence-electron chi connectivity index (χ0n) is 20.9. The summed E-state index contributed by atoms with van der Waals surface area (Å²) in [4.78, 5) is 0. The van der Waals surface area contributed by atoms with E-state index in [0.717, 1.165) is 6.42 Å². The minimum atomic E-state index is -0.345. The van der Waals surface area contributed by atoms with Crippen molar-refractivity contribution in [1.82, 2.24) is 0 Å². The molecular formula is C30H42O2. The Balaban J connectivity index is 1.68. The van der Waals surface area contributed by atoms with Crippen molar-refractivity contribution in [3.63, 3.8) is 0 Å². The third-order valence-corrected chi connectivity index (χ3v) is 8.72. The van der Waals surface area contributed by atoms with Gasteiger partial charge < -0.3 is 9.84 Å². The molecule has 2 aliphatic rings. The van der Waals surface area contributed by atoms with Crippen LogP contribution in [0.5, 0.6) is 0 Å². The number of fused-ring (bicyclic) bond motifs is 3. The van der Waals surface area contributed by atoms with Gasteiger partial charge in [0.1, 0.15) is 0 Å². The van der Waals surface area contributed by atoms with Gasteiger partial charge in [0.15, 0.2) is 0 Å². The van der Waals surface area contributed by atoms with E-state index in [1.54, 1.807) is 11.1 Å².